The maximum absolute atomic E-state index is 12.4. The summed E-state index contributed by atoms with van der Waals surface area (Å²) in [6.45, 7) is 5.92. The molecule has 1 unspecified atom stereocenters. The van der Waals surface area contributed by atoms with Crippen LogP contribution in [0.1, 0.15) is 32.3 Å². The number of benzene rings is 1. The minimum atomic E-state index is -0.978. The van der Waals surface area contributed by atoms with Gasteiger partial charge in [0.15, 0.2) is 0 Å². The van der Waals surface area contributed by atoms with Crippen molar-refractivity contribution in [2.75, 3.05) is 13.7 Å². The SMILES string of the molecule is CCCC(C)(C(=O)OC)N1CC(Oc2ccccc2C)=CC1=O. The lowest BCUT2D eigenvalue weighted by Crippen LogP contribution is -2.54. The molecular formula is C18H23NO4. The number of hydrogen-bond acceptors (Lipinski definition) is 4. The van der Waals surface area contributed by atoms with E-state index < -0.39 is 11.5 Å². The predicted molar refractivity (Wildman–Crippen MR) is 86.9 cm³/mol. The molecule has 1 aliphatic heterocycles. The topological polar surface area (TPSA) is 55.8 Å². The highest BCUT2D eigenvalue weighted by molar-refractivity contribution is 5.96. The molecule has 0 spiro atoms. The Balaban J connectivity index is 2.18. The second-order valence-electron chi connectivity index (χ2n) is 5.92. The molecule has 5 nitrogen and oxygen atoms in total. The van der Waals surface area contributed by atoms with Crippen LogP contribution >= 0.6 is 0 Å². The number of esters is 1. The summed E-state index contributed by atoms with van der Waals surface area (Å²) in [6.07, 6.45) is 2.75. The molecule has 1 atom stereocenters. The molecule has 124 valence electrons. The average molecular weight is 317 g/mol. The zero-order chi connectivity index (χ0) is 17.0. The molecule has 1 aromatic carbocycles. The van der Waals surface area contributed by atoms with Crippen LogP contribution in [0.5, 0.6) is 5.75 Å². The largest absolute Gasteiger partial charge is 0.467 e. The summed E-state index contributed by atoms with van der Waals surface area (Å²) in [4.78, 5) is 26.1. The van der Waals surface area contributed by atoms with Gasteiger partial charge in [-0.3, -0.25) is 4.79 Å². The van der Waals surface area contributed by atoms with Gasteiger partial charge < -0.3 is 14.4 Å². The number of amides is 1. The fourth-order valence-electron chi connectivity index (χ4n) is 2.84. The fraction of sp³-hybridized carbons (Fsp3) is 0.444. The number of ether oxygens (including phenoxy) is 2. The number of aryl methyl sites for hydroxylation is 1. The molecule has 5 heteroatoms. The van der Waals surface area contributed by atoms with E-state index in [9.17, 15) is 9.59 Å². The van der Waals surface area contributed by atoms with Gasteiger partial charge in [-0.1, -0.05) is 31.5 Å². The highest BCUT2D eigenvalue weighted by Gasteiger charge is 2.44. The number of hydrogen-bond donors (Lipinski definition) is 0. The van der Waals surface area contributed by atoms with Crippen LogP contribution < -0.4 is 4.74 Å². The predicted octanol–water partition coefficient (Wildman–Crippen LogP) is 2.83. The maximum Gasteiger partial charge on any atom is 0.331 e. The number of rotatable bonds is 6. The van der Waals surface area contributed by atoms with Gasteiger partial charge in [0.25, 0.3) is 5.91 Å². The van der Waals surface area contributed by atoms with Gasteiger partial charge in [0, 0.05) is 6.08 Å². The lowest BCUT2D eigenvalue weighted by Gasteiger charge is -2.36. The summed E-state index contributed by atoms with van der Waals surface area (Å²) < 4.78 is 10.7. The molecule has 0 aromatic heterocycles. The van der Waals surface area contributed by atoms with Gasteiger partial charge in [-0.25, -0.2) is 4.79 Å². The highest BCUT2D eigenvalue weighted by atomic mass is 16.5. The normalized spacial score (nSPS) is 16.8. The molecule has 23 heavy (non-hydrogen) atoms. The Bertz CT molecular complexity index is 638. The smallest absolute Gasteiger partial charge is 0.331 e. The molecule has 2 rings (SSSR count). The van der Waals surface area contributed by atoms with Gasteiger partial charge in [0.2, 0.25) is 0 Å². The molecule has 1 amide bonds. The maximum atomic E-state index is 12.4. The van der Waals surface area contributed by atoms with E-state index in [0.717, 1.165) is 12.0 Å². The Hall–Kier alpha value is -2.30. The highest BCUT2D eigenvalue weighted by Crippen LogP contribution is 2.29. The molecule has 1 heterocycles. The molecule has 0 radical (unpaired) electrons. The third kappa shape index (κ3) is 3.38. The van der Waals surface area contributed by atoms with Crippen molar-refractivity contribution >= 4 is 11.9 Å². The number of methoxy groups -OCH3 is 1. The van der Waals surface area contributed by atoms with Crippen LogP contribution in [0.15, 0.2) is 36.1 Å². The molecule has 0 saturated carbocycles. The van der Waals surface area contributed by atoms with Crippen molar-refractivity contribution in [2.24, 2.45) is 0 Å². The number of carbonyl (C=O) groups is 2. The molecule has 0 N–H and O–H groups in total. The summed E-state index contributed by atoms with van der Waals surface area (Å²) in [5.41, 5.74) is 0.0112. The lowest BCUT2D eigenvalue weighted by atomic mass is 9.94. The van der Waals surface area contributed by atoms with Crippen LogP contribution in [0.3, 0.4) is 0 Å². The molecule has 1 aromatic rings. The zero-order valence-corrected chi connectivity index (χ0v) is 14.1. The van der Waals surface area contributed by atoms with E-state index in [0.29, 0.717) is 17.9 Å². The standard InChI is InChI=1S/C18H23NO4/c1-5-10-18(3,17(21)22-4)19-12-14(11-16(19)20)23-15-9-7-6-8-13(15)2/h6-9,11H,5,10,12H2,1-4H3. The van der Waals surface area contributed by atoms with Gasteiger partial charge in [-0.05, 0) is 31.9 Å². The summed E-state index contributed by atoms with van der Waals surface area (Å²) >= 11 is 0. The Morgan fingerprint density at radius 2 is 2.04 bits per heavy atom. The molecule has 1 aliphatic rings. The molecule has 0 saturated heterocycles. The Morgan fingerprint density at radius 3 is 2.65 bits per heavy atom. The lowest BCUT2D eigenvalue weighted by molar-refractivity contribution is -0.159. The van der Waals surface area contributed by atoms with Crippen LogP contribution in [0, 0.1) is 6.92 Å². The first-order valence-corrected chi connectivity index (χ1v) is 7.76. The van der Waals surface area contributed by atoms with Crippen molar-refractivity contribution < 1.29 is 19.1 Å². The van der Waals surface area contributed by atoms with Crippen molar-refractivity contribution in [3.63, 3.8) is 0 Å². The fourth-order valence-corrected chi connectivity index (χ4v) is 2.84. The Kier molecular flexibility index (Phi) is 5.08. The first-order valence-electron chi connectivity index (χ1n) is 7.76. The number of nitrogens with zero attached hydrogens (tertiary/aromatic N) is 1. The van der Waals surface area contributed by atoms with Crippen molar-refractivity contribution in [1.29, 1.82) is 0 Å². The van der Waals surface area contributed by atoms with E-state index in [1.807, 2.05) is 38.1 Å². The monoisotopic (exact) mass is 317 g/mol. The minimum absolute atomic E-state index is 0.227. The van der Waals surface area contributed by atoms with E-state index in [1.54, 1.807) is 6.92 Å². The molecule has 0 fully saturated rings. The quantitative estimate of drug-likeness (QED) is 0.757. The Morgan fingerprint density at radius 1 is 1.35 bits per heavy atom. The summed E-state index contributed by atoms with van der Waals surface area (Å²) in [6, 6.07) is 7.61. The number of carbonyl (C=O) groups excluding carboxylic acids is 2. The number of para-hydroxylation sites is 1. The third-order valence-corrected chi connectivity index (χ3v) is 4.16. The molecule has 0 bridgehead atoms. The van der Waals surface area contributed by atoms with E-state index in [2.05, 4.69) is 0 Å². The van der Waals surface area contributed by atoms with Crippen LogP contribution in [0.2, 0.25) is 0 Å². The molecular weight excluding hydrogens is 294 g/mol. The van der Waals surface area contributed by atoms with Gasteiger partial charge in [-0.2, -0.15) is 0 Å². The van der Waals surface area contributed by atoms with Gasteiger partial charge in [0.1, 0.15) is 17.0 Å². The van der Waals surface area contributed by atoms with Crippen LogP contribution in [0.4, 0.5) is 0 Å². The van der Waals surface area contributed by atoms with Crippen LogP contribution in [-0.4, -0.2) is 36.0 Å². The first-order chi connectivity index (χ1) is 10.9. The third-order valence-electron chi connectivity index (χ3n) is 4.16. The first kappa shape index (κ1) is 17.1. The van der Waals surface area contributed by atoms with Crippen LogP contribution in [-0.2, 0) is 14.3 Å². The van der Waals surface area contributed by atoms with Gasteiger partial charge >= 0.3 is 5.97 Å². The van der Waals surface area contributed by atoms with Gasteiger partial charge in [-0.15, -0.1) is 0 Å². The second-order valence-corrected chi connectivity index (χ2v) is 5.92. The zero-order valence-electron chi connectivity index (χ0n) is 14.1. The second kappa shape index (κ2) is 6.86. The van der Waals surface area contributed by atoms with Crippen LogP contribution in [0.25, 0.3) is 0 Å². The van der Waals surface area contributed by atoms with Crippen molar-refractivity contribution in [3.05, 3.63) is 41.7 Å². The van der Waals surface area contributed by atoms with Crippen molar-refractivity contribution in [2.45, 2.75) is 39.2 Å². The minimum Gasteiger partial charge on any atom is -0.467 e. The molecule has 0 aliphatic carbocycles. The summed E-state index contributed by atoms with van der Waals surface area (Å²) in [7, 11) is 1.34. The van der Waals surface area contributed by atoms with Gasteiger partial charge in [0.05, 0.1) is 13.7 Å². The Labute approximate surface area is 136 Å². The van der Waals surface area contributed by atoms with E-state index in [-0.39, 0.29) is 12.5 Å². The van der Waals surface area contributed by atoms with E-state index in [1.165, 1.54) is 18.1 Å². The summed E-state index contributed by atoms with van der Waals surface area (Å²) in [5, 5.41) is 0. The average Bonchev–Trinajstić information content (AvgIpc) is 2.90. The summed E-state index contributed by atoms with van der Waals surface area (Å²) in [5.74, 6) is 0.618. The van der Waals surface area contributed by atoms with Crippen molar-refractivity contribution in [1.82, 2.24) is 4.90 Å². The van der Waals surface area contributed by atoms with E-state index >= 15 is 0 Å². The van der Waals surface area contributed by atoms with Crippen molar-refractivity contribution in [3.8, 4) is 5.75 Å². The van der Waals surface area contributed by atoms with E-state index in [4.69, 9.17) is 9.47 Å².